The Morgan fingerprint density at radius 1 is 0.522 bits per heavy atom. The number of H-pyrrole nitrogens is 2. The van der Waals surface area contributed by atoms with Gasteiger partial charge in [0.25, 0.3) is 11.1 Å². The maximum Gasteiger partial charge on any atom is 0.273 e. The van der Waals surface area contributed by atoms with Crippen molar-refractivity contribution < 1.29 is 0 Å². The van der Waals surface area contributed by atoms with Crippen LogP contribution >= 0.6 is 0 Å². The van der Waals surface area contributed by atoms with Crippen LogP contribution in [-0.2, 0) is 0 Å². The zero-order valence-electron chi connectivity index (χ0n) is 25.0. The molecule has 6 heterocycles. The lowest BCUT2D eigenvalue weighted by atomic mass is 10.1. The van der Waals surface area contributed by atoms with Crippen LogP contribution in [0.25, 0.3) is 56.1 Å². The van der Waals surface area contributed by atoms with E-state index in [1.165, 1.54) is 21.2 Å². The molecule has 0 aliphatic heterocycles. The number of fused-ring (bicyclic) bond motifs is 2. The van der Waals surface area contributed by atoms with E-state index < -0.39 is 0 Å². The summed E-state index contributed by atoms with van der Waals surface area (Å²) in [5.41, 5.74) is 9.71. The largest absolute Gasteiger partial charge is 0.293 e. The van der Waals surface area contributed by atoms with Gasteiger partial charge in [0.15, 0.2) is 11.3 Å². The fourth-order valence-electron chi connectivity index (χ4n) is 5.53. The lowest BCUT2D eigenvalue weighted by Gasteiger charge is -2.03. The third-order valence-corrected chi connectivity index (χ3v) is 7.65. The molecule has 0 radical (unpaired) electrons. The molecule has 0 saturated carbocycles. The van der Waals surface area contributed by atoms with Gasteiger partial charge in [0, 0.05) is 70.6 Å². The molecule has 8 rings (SSSR count). The number of nitrogens with one attached hydrogen (secondary N) is 2. The molecule has 224 valence electrons. The minimum Gasteiger partial charge on any atom is -0.293 e. The summed E-state index contributed by atoms with van der Waals surface area (Å²) >= 11 is 0. The second-order valence-corrected chi connectivity index (χ2v) is 10.7. The SMILES string of the molecule is Cc1[nH]n2c(=O)cc(-c3cccnc3)nc2c1-c1ccccc1.Cc1[nH]n2c(=O)cc(-c3ccncc3)nc2c1-c1ccccc1. The monoisotopic (exact) mass is 604 g/mol. The van der Waals surface area contributed by atoms with Crippen molar-refractivity contribution in [3.8, 4) is 44.8 Å². The van der Waals surface area contributed by atoms with Crippen LogP contribution in [0.5, 0.6) is 0 Å². The minimum atomic E-state index is -0.140. The molecule has 6 aromatic heterocycles. The van der Waals surface area contributed by atoms with Crippen LogP contribution in [0.4, 0.5) is 0 Å². The van der Waals surface area contributed by atoms with Crippen LogP contribution in [0.1, 0.15) is 11.4 Å². The summed E-state index contributed by atoms with van der Waals surface area (Å²) in [7, 11) is 0. The Hall–Kier alpha value is -6.42. The van der Waals surface area contributed by atoms with E-state index in [1.807, 2.05) is 98.8 Å². The van der Waals surface area contributed by atoms with Crippen LogP contribution in [0.2, 0.25) is 0 Å². The van der Waals surface area contributed by atoms with Gasteiger partial charge in [0.05, 0.1) is 11.4 Å². The molecule has 8 aromatic rings. The number of benzene rings is 2. The first-order valence-corrected chi connectivity index (χ1v) is 14.6. The molecule has 0 aliphatic rings. The standard InChI is InChI=1S/2C18H14N4O/c1-12-17(13-6-3-2-4-7-13)18-20-15(10-16(23)22(18)21-12)14-8-5-9-19-11-14;1-12-17(14-5-3-2-4-6-14)18-20-15(11-16(23)22(18)21-12)13-7-9-19-10-8-13/h2*2-11,21H,1H3. The Kier molecular flexibility index (Phi) is 7.35. The molecular weight excluding hydrogens is 576 g/mol. The van der Waals surface area contributed by atoms with Crippen LogP contribution in [0.15, 0.2) is 131 Å². The number of aromatic nitrogens is 8. The normalized spacial score (nSPS) is 11.0. The quantitative estimate of drug-likeness (QED) is 0.249. The van der Waals surface area contributed by atoms with Gasteiger partial charge >= 0.3 is 0 Å². The Balaban J connectivity index is 0.000000147. The van der Waals surface area contributed by atoms with Crippen molar-refractivity contribution in [3.63, 3.8) is 0 Å². The smallest absolute Gasteiger partial charge is 0.273 e. The van der Waals surface area contributed by atoms with Gasteiger partial charge in [-0.05, 0) is 49.2 Å². The van der Waals surface area contributed by atoms with Crippen LogP contribution in [0, 0.1) is 13.8 Å². The maximum atomic E-state index is 12.4. The van der Waals surface area contributed by atoms with E-state index in [0.29, 0.717) is 22.7 Å². The molecule has 0 aliphatic carbocycles. The highest BCUT2D eigenvalue weighted by atomic mass is 16.1. The Bertz CT molecular complexity index is 2240. The molecule has 2 N–H and O–H groups in total. The first-order valence-electron chi connectivity index (χ1n) is 14.6. The van der Waals surface area contributed by atoms with Gasteiger partial charge in [-0.1, -0.05) is 60.7 Å². The predicted octanol–water partition coefficient (Wildman–Crippen LogP) is 6.12. The summed E-state index contributed by atoms with van der Waals surface area (Å²) in [5, 5.41) is 6.20. The summed E-state index contributed by atoms with van der Waals surface area (Å²) in [6.07, 6.45) is 6.79. The molecule has 0 amide bonds. The van der Waals surface area contributed by atoms with Gasteiger partial charge in [-0.15, -0.1) is 0 Å². The second-order valence-electron chi connectivity index (χ2n) is 10.7. The van der Waals surface area contributed by atoms with Gasteiger partial charge in [-0.2, -0.15) is 0 Å². The lowest BCUT2D eigenvalue weighted by molar-refractivity contribution is 0.882. The summed E-state index contributed by atoms with van der Waals surface area (Å²) in [6, 6.07) is 30.4. The fraction of sp³-hybridized carbons (Fsp3) is 0.0556. The summed E-state index contributed by atoms with van der Waals surface area (Å²) in [6.45, 7) is 3.89. The van der Waals surface area contributed by atoms with E-state index in [1.54, 1.807) is 24.8 Å². The molecule has 2 aromatic carbocycles. The van der Waals surface area contributed by atoms with Crippen LogP contribution in [0.3, 0.4) is 0 Å². The molecule has 0 bridgehead atoms. The molecular formula is C36H28N8O2. The second kappa shape index (κ2) is 11.9. The molecule has 10 heteroatoms. The van der Waals surface area contributed by atoms with Gasteiger partial charge in [0.2, 0.25) is 0 Å². The molecule has 0 atom stereocenters. The average molecular weight is 605 g/mol. The van der Waals surface area contributed by atoms with E-state index in [4.69, 9.17) is 9.97 Å². The highest BCUT2D eigenvalue weighted by molar-refractivity contribution is 5.82. The van der Waals surface area contributed by atoms with Crippen molar-refractivity contribution in [2.75, 3.05) is 0 Å². The summed E-state index contributed by atoms with van der Waals surface area (Å²) < 4.78 is 2.97. The summed E-state index contributed by atoms with van der Waals surface area (Å²) in [5.74, 6) is 0. The zero-order chi connectivity index (χ0) is 31.6. The Morgan fingerprint density at radius 2 is 1.00 bits per heavy atom. The van der Waals surface area contributed by atoms with Crippen LogP contribution < -0.4 is 11.1 Å². The number of rotatable bonds is 4. The van der Waals surface area contributed by atoms with Crippen molar-refractivity contribution in [1.29, 1.82) is 0 Å². The number of hydrogen-bond donors (Lipinski definition) is 2. The third-order valence-electron chi connectivity index (χ3n) is 7.65. The van der Waals surface area contributed by atoms with Gasteiger partial charge in [-0.25, -0.2) is 19.0 Å². The van der Waals surface area contributed by atoms with Gasteiger partial charge < -0.3 is 0 Å². The van der Waals surface area contributed by atoms with E-state index in [9.17, 15) is 9.59 Å². The van der Waals surface area contributed by atoms with Crippen molar-refractivity contribution in [1.82, 2.24) is 39.2 Å². The molecule has 0 saturated heterocycles. The lowest BCUT2D eigenvalue weighted by Crippen LogP contribution is -2.14. The van der Waals surface area contributed by atoms with Crippen molar-refractivity contribution in [3.05, 3.63) is 154 Å². The number of hydrogen-bond acceptors (Lipinski definition) is 6. The molecule has 0 spiro atoms. The highest BCUT2D eigenvalue weighted by Crippen LogP contribution is 2.29. The van der Waals surface area contributed by atoms with Crippen molar-refractivity contribution >= 4 is 11.3 Å². The molecule has 46 heavy (non-hydrogen) atoms. The third kappa shape index (κ3) is 5.28. The molecule has 10 nitrogen and oxygen atoms in total. The number of aryl methyl sites for hydroxylation is 2. The first-order chi connectivity index (χ1) is 22.5. The molecule has 0 unspecified atom stereocenters. The van der Waals surface area contributed by atoms with E-state index in [2.05, 4.69) is 20.2 Å². The predicted molar refractivity (Wildman–Crippen MR) is 178 cm³/mol. The number of aromatic amines is 2. The van der Waals surface area contributed by atoms with Gasteiger partial charge in [0.1, 0.15) is 0 Å². The van der Waals surface area contributed by atoms with E-state index >= 15 is 0 Å². The van der Waals surface area contributed by atoms with Crippen molar-refractivity contribution in [2.45, 2.75) is 13.8 Å². The number of nitrogens with zero attached hydrogens (tertiary/aromatic N) is 6. The Morgan fingerprint density at radius 3 is 1.48 bits per heavy atom. The van der Waals surface area contributed by atoms with Crippen molar-refractivity contribution in [2.24, 2.45) is 0 Å². The Labute approximate surface area is 262 Å². The maximum absolute atomic E-state index is 12.4. The minimum absolute atomic E-state index is 0.132. The summed E-state index contributed by atoms with van der Waals surface area (Å²) in [4.78, 5) is 42.4. The fourth-order valence-corrected chi connectivity index (χ4v) is 5.53. The van der Waals surface area contributed by atoms with Gasteiger partial charge in [-0.3, -0.25) is 29.8 Å². The van der Waals surface area contributed by atoms with Crippen LogP contribution in [-0.4, -0.2) is 39.2 Å². The zero-order valence-corrected chi connectivity index (χ0v) is 25.0. The van der Waals surface area contributed by atoms with E-state index in [0.717, 1.165) is 44.8 Å². The molecule has 0 fully saturated rings. The number of pyridine rings is 2. The average Bonchev–Trinajstić information content (AvgIpc) is 3.62. The topological polar surface area (TPSA) is 126 Å². The van der Waals surface area contributed by atoms with E-state index in [-0.39, 0.29) is 11.1 Å². The highest BCUT2D eigenvalue weighted by Gasteiger charge is 2.16. The first kappa shape index (κ1) is 28.4.